The van der Waals surface area contributed by atoms with Crippen LogP contribution in [0.15, 0.2) is 36.7 Å². The maximum atomic E-state index is 5.69. The zero-order valence-electron chi connectivity index (χ0n) is 10.5. The lowest BCUT2D eigenvalue weighted by Crippen LogP contribution is -2.05. The lowest BCUT2D eigenvalue weighted by Gasteiger charge is -2.20. The van der Waals surface area contributed by atoms with Gasteiger partial charge in [-0.15, -0.1) is 0 Å². The Kier molecular flexibility index (Phi) is 3.43. The Morgan fingerprint density at radius 2 is 1.94 bits per heavy atom. The van der Waals surface area contributed by atoms with Gasteiger partial charge in [0.2, 0.25) is 0 Å². The van der Waals surface area contributed by atoms with E-state index in [1.165, 1.54) is 16.7 Å². The molecule has 1 aromatic heterocycles. The van der Waals surface area contributed by atoms with Gasteiger partial charge in [-0.05, 0) is 30.2 Å². The van der Waals surface area contributed by atoms with Crippen molar-refractivity contribution >= 4 is 0 Å². The smallest absolute Gasteiger partial charge is 0.127 e. The van der Waals surface area contributed by atoms with Gasteiger partial charge in [-0.25, -0.2) is 0 Å². The number of fused-ring (bicyclic) bond motifs is 3. The van der Waals surface area contributed by atoms with Gasteiger partial charge in [-0.3, -0.25) is 4.98 Å². The molecule has 2 heteroatoms. The number of benzene rings is 1. The summed E-state index contributed by atoms with van der Waals surface area (Å²) in [7, 11) is 0. The monoisotopic (exact) mass is 227 g/mol. The molecule has 1 aliphatic rings. The molecule has 0 saturated carbocycles. The Balaban J connectivity index is 0.000000514. The highest BCUT2D eigenvalue weighted by molar-refractivity contribution is 5.74. The van der Waals surface area contributed by atoms with Crippen molar-refractivity contribution in [2.24, 2.45) is 0 Å². The van der Waals surface area contributed by atoms with Crippen LogP contribution in [0.5, 0.6) is 5.75 Å². The molecule has 2 aromatic rings. The van der Waals surface area contributed by atoms with Crippen molar-refractivity contribution in [1.82, 2.24) is 4.98 Å². The Hall–Kier alpha value is -1.83. The molecule has 0 atom stereocenters. The van der Waals surface area contributed by atoms with Crippen LogP contribution in [0, 0.1) is 6.92 Å². The number of rotatable bonds is 0. The lowest BCUT2D eigenvalue weighted by molar-refractivity contribution is 0.301. The zero-order chi connectivity index (χ0) is 12.3. The van der Waals surface area contributed by atoms with Crippen LogP contribution in [0.2, 0.25) is 0 Å². The summed E-state index contributed by atoms with van der Waals surface area (Å²) in [4.78, 5) is 4.11. The van der Waals surface area contributed by atoms with E-state index in [1.807, 2.05) is 32.3 Å². The number of hydrogen-bond donors (Lipinski definition) is 0. The lowest BCUT2D eigenvalue weighted by atomic mass is 9.98. The summed E-state index contributed by atoms with van der Waals surface area (Å²) in [6.07, 6.45) is 3.70. The van der Waals surface area contributed by atoms with Gasteiger partial charge in [0.25, 0.3) is 0 Å². The Bertz CT molecular complexity index is 520. The van der Waals surface area contributed by atoms with Gasteiger partial charge in [-0.1, -0.05) is 26.0 Å². The number of ether oxygens (including phenoxy) is 1. The molecule has 1 aromatic carbocycles. The normalized spacial score (nSPS) is 11.5. The second kappa shape index (κ2) is 5.00. The molecular formula is C15H17NO. The van der Waals surface area contributed by atoms with E-state index in [-0.39, 0.29) is 0 Å². The molecule has 0 bridgehead atoms. The van der Waals surface area contributed by atoms with E-state index in [2.05, 4.69) is 30.1 Å². The number of nitrogens with zero attached hydrogens (tertiary/aromatic N) is 1. The van der Waals surface area contributed by atoms with E-state index < -0.39 is 0 Å². The van der Waals surface area contributed by atoms with Gasteiger partial charge in [0, 0.05) is 23.5 Å². The molecule has 0 aliphatic carbocycles. The fraction of sp³-hybridized carbons (Fsp3) is 0.267. The summed E-state index contributed by atoms with van der Waals surface area (Å²) < 4.78 is 5.69. The maximum Gasteiger partial charge on any atom is 0.127 e. The molecule has 0 spiro atoms. The predicted octanol–water partition coefficient (Wildman–Crippen LogP) is 3.98. The Morgan fingerprint density at radius 3 is 2.76 bits per heavy atom. The molecule has 88 valence electrons. The average Bonchev–Trinajstić information content (AvgIpc) is 2.40. The van der Waals surface area contributed by atoms with E-state index in [1.54, 1.807) is 0 Å². The molecule has 0 amide bonds. The van der Waals surface area contributed by atoms with Crippen molar-refractivity contribution in [3.05, 3.63) is 47.8 Å². The predicted molar refractivity (Wildman–Crippen MR) is 70.1 cm³/mol. The minimum absolute atomic E-state index is 0.625. The quantitative estimate of drug-likeness (QED) is 0.679. The second-order valence-electron chi connectivity index (χ2n) is 3.82. The fourth-order valence-electron chi connectivity index (χ4n) is 1.93. The topological polar surface area (TPSA) is 22.1 Å². The van der Waals surface area contributed by atoms with Gasteiger partial charge >= 0.3 is 0 Å². The fourth-order valence-corrected chi connectivity index (χ4v) is 1.93. The van der Waals surface area contributed by atoms with Crippen LogP contribution in [-0.2, 0) is 6.61 Å². The molecule has 3 rings (SSSR count). The van der Waals surface area contributed by atoms with Gasteiger partial charge < -0.3 is 4.74 Å². The minimum atomic E-state index is 0.625. The Labute approximate surface area is 102 Å². The Morgan fingerprint density at radius 1 is 1.12 bits per heavy atom. The first-order chi connectivity index (χ1) is 8.34. The maximum absolute atomic E-state index is 5.69. The highest BCUT2D eigenvalue weighted by atomic mass is 16.5. The highest BCUT2D eigenvalue weighted by Gasteiger charge is 2.16. The molecule has 2 heterocycles. The number of aromatic nitrogens is 1. The van der Waals surface area contributed by atoms with Crippen molar-refractivity contribution in [2.45, 2.75) is 27.4 Å². The molecular weight excluding hydrogens is 210 g/mol. The molecule has 17 heavy (non-hydrogen) atoms. The van der Waals surface area contributed by atoms with E-state index in [9.17, 15) is 0 Å². The van der Waals surface area contributed by atoms with Gasteiger partial charge in [-0.2, -0.15) is 0 Å². The first-order valence-electron chi connectivity index (χ1n) is 6.01. The minimum Gasteiger partial charge on any atom is -0.488 e. The van der Waals surface area contributed by atoms with Crippen LogP contribution < -0.4 is 4.74 Å². The van der Waals surface area contributed by atoms with Gasteiger partial charge in [0.05, 0.1) is 0 Å². The van der Waals surface area contributed by atoms with Crippen LogP contribution >= 0.6 is 0 Å². The van der Waals surface area contributed by atoms with E-state index >= 15 is 0 Å². The first kappa shape index (κ1) is 11.6. The van der Waals surface area contributed by atoms with E-state index in [4.69, 9.17) is 4.74 Å². The highest BCUT2D eigenvalue weighted by Crippen LogP contribution is 2.37. The first-order valence-corrected chi connectivity index (χ1v) is 6.01. The van der Waals surface area contributed by atoms with Crippen LogP contribution in [-0.4, -0.2) is 4.98 Å². The standard InChI is InChI=1S/C13H11NO.C2H6/c1-9-2-3-12-11-4-5-14-7-10(11)8-15-13(12)6-9;1-2/h2-7H,8H2,1H3;1-2H3. The largest absolute Gasteiger partial charge is 0.488 e. The molecule has 0 radical (unpaired) electrons. The van der Waals surface area contributed by atoms with E-state index in [0.29, 0.717) is 6.61 Å². The summed E-state index contributed by atoms with van der Waals surface area (Å²) in [5, 5.41) is 0. The third-order valence-corrected chi connectivity index (χ3v) is 2.71. The number of aryl methyl sites for hydroxylation is 1. The molecule has 0 unspecified atom stereocenters. The summed E-state index contributed by atoms with van der Waals surface area (Å²) >= 11 is 0. The third kappa shape index (κ3) is 2.16. The van der Waals surface area contributed by atoms with Crippen LogP contribution in [0.3, 0.4) is 0 Å². The molecule has 0 N–H and O–H groups in total. The summed E-state index contributed by atoms with van der Waals surface area (Å²) in [5.74, 6) is 0.980. The molecule has 2 nitrogen and oxygen atoms in total. The zero-order valence-corrected chi connectivity index (χ0v) is 10.5. The van der Waals surface area contributed by atoms with Crippen LogP contribution in [0.4, 0.5) is 0 Å². The third-order valence-electron chi connectivity index (χ3n) is 2.71. The molecule has 0 fully saturated rings. The second-order valence-corrected chi connectivity index (χ2v) is 3.82. The molecule has 0 saturated heterocycles. The SMILES string of the molecule is CC.Cc1ccc2c(c1)OCc1cnccc1-2. The molecule has 1 aliphatic heterocycles. The summed E-state index contributed by atoms with van der Waals surface area (Å²) in [6, 6.07) is 8.35. The van der Waals surface area contributed by atoms with Crippen LogP contribution in [0.1, 0.15) is 25.0 Å². The van der Waals surface area contributed by atoms with Crippen LogP contribution in [0.25, 0.3) is 11.1 Å². The van der Waals surface area contributed by atoms with Gasteiger partial charge in [0.1, 0.15) is 12.4 Å². The van der Waals surface area contributed by atoms with Crippen molar-refractivity contribution in [2.75, 3.05) is 0 Å². The van der Waals surface area contributed by atoms with E-state index in [0.717, 1.165) is 11.3 Å². The van der Waals surface area contributed by atoms with Crippen molar-refractivity contribution in [1.29, 1.82) is 0 Å². The van der Waals surface area contributed by atoms with Gasteiger partial charge in [0.15, 0.2) is 0 Å². The number of pyridine rings is 1. The number of hydrogen-bond acceptors (Lipinski definition) is 2. The summed E-state index contributed by atoms with van der Waals surface area (Å²) in [6.45, 7) is 6.70. The average molecular weight is 227 g/mol. The van der Waals surface area contributed by atoms with Crippen molar-refractivity contribution in [3.8, 4) is 16.9 Å². The summed E-state index contributed by atoms with van der Waals surface area (Å²) in [5.41, 5.74) is 4.80. The van der Waals surface area contributed by atoms with Crippen molar-refractivity contribution in [3.63, 3.8) is 0 Å². The van der Waals surface area contributed by atoms with Crippen molar-refractivity contribution < 1.29 is 4.74 Å².